The molecule has 17 heavy (non-hydrogen) atoms. The summed E-state index contributed by atoms with van der Waals surface area (Å²) in [6.45, 7) is 0.660. The van der Waals surface area contributed by atoms with Crippen molar-refractivity contribution in [2.24, 2.45) is 5.73 Å². The van der Waals surface area contributed by atoms with Crippen molar-refractivity contribution in [2.75, 3.05) is 6.54 Å². The van der Waals surface area contributed by atoms with E-state index in [1.165, 1.54) is 16.3 Å². The summed E-state index contributed by atoms with van der Waals surface area (Å²) < 4.78 is 0. The lowest BCUT2D eigenvalue weighted by Gasteiger charge is -2.06. The van der Waals surface area contributed by atoms with E-state index in [9.17, 15) is 0 Å². The van der Waals surface area contributed by atoms with E-state index in [4.69, 9.17) is 10.7 Å². The Morgan fingerprint density at radius 3 is 2.65 bits per heavy atom. The minimum Gasteiger partial charge on any atom is -0.330 e. The van der Waals surface area contributed by atoms with Crippen LogP contribution in [-0.2, 0) is 6.42 Å². The van der Waals surface area contributed by atoms with Crippen LogP contribution in [0, 0.1) is 0 Å². The van der Waals surface area contributed by atoms with Crippen molar-refractivity contribution in [3.63, 3.8) is 0 Å². The average molecular weight is 222 g/mol. The van der Waals surface area contributed by atoms with Gasteiger partial charge in [0.2, 0.25) is 0 Å². The van der Waals surface area contributed by atoms with Crippen molar-refractivity contribution in [1.29, 1.82) is 0 Å². The highest BCUT2D eigenvalue weighted by molar-refractivity contribution is 5.94. The minimum absolute atomic E-state index is 0.660. The zero-order valence-corrected chi connectivity index (χ0v) is 9.56. The highest BCUT2D eigenvalue weighted by atomic mass is 14.7. The molecule has 84 valence electrons. The Kier molecular flexibility index (Phi) is 2.50. The van der Waals surface area contributed by atoms with E-state index < -0.39 is 0 Å². The molecule has 0 radical (unpaired) electrons. The van der Waals surface area contributed by atoms with Crippen molar-refractivity contribution < 1.29 is 0 Å². The van der Waals surface area contributed by atoms with E-state index in [-0.39, 0.29) is 0 Å². The molecule has 3 aromatic rings. The molecule has 2 heteroatoms. The van der Waals surface area contributed by atoms with Crippen LogP contribution in [0.5, 0.6) is 0 Å². The molecule has 0 spiro atoms. The normalized spacial score (nSPS) is 11.1. The fourth-order valence-electron chi connectivity index (χ4n) is 2.22. The maximum Gasteiger partial charge on any atom is 0.0742 e. The first-order chi connectivity index (χ1) is 8.38. The van der Waals surface area contributed by atoms with Crippen molar-refractivity contribution >= 4 is 21.8 Å². The lowest BCUT2D eigenvalue weighted by atomic mass is 10.1. The van der Waals surface area contributed by atoms with Gasteiger partial charge in [-0.1, -0.05) is 36.4 Å². The fraction of sp³-hybridized carbons (Fsp3) is 0.133. The number of pyridine rings is 1. The molecular weight excluding hydrogens is 208 g/mol. The summed E-state index contributed by atoms with van der Waals surface area (Å²) in [5, 5.41) is 2.37. The zero-order valence-electron chi connectivity index (χ0n) is 9.56. The Hall–Kier alpha value is -1.93. The highest BCUT2D eigenvalue weighted by Gasteiger charge is 2.03. The van der Waals surface area contributed by atoms with E-state index in [1.807, 2.05) is 18.2 Å². The van der Waals surface area contributed by atoms with E-state index >= 15 is 0 Å². The molecule has 0 amide bonds. The summed E-state index contributed by atoms with van der Waals surface area (Å²) in [5.74, 6) is 0. The van der Waals surface area contributed by atoms with Crippen LogP contribution in [0.3, 0.4) is 0 Å². The molecule has 0 aliphatic rings. The van der Waals surface area contributed by atoms with Crippen molar-refractivity contribution in [2.45, 2.75) is 6.42 Å². The predicted molar refractivity (Wildman–Crippen MR) is 72.0 cm³/mol. The smallest absolute Gasteiger partial charge is 0.0742 e. The fourth-order valence-corrected chi connectivity index (χ4v) is 2.22. The lowest BCUT2D eigenvalue weighted by Crippen LogP contribution is -2.03. The van der Waals surface area contributed by atoms with Gasteiger partial charge in [-0.3, -0.25) is 0 Å². The van der Waals surface area contributed by atoms with Gasteiger partial charge in [-0.2, -0.15) is 0 Å². The van der Waals surface area contributed by atoms with E-state index in [1.54, 1.807) is 0 Å². The van der Waals surface area contributed by atoms with Crippen LogP contribution in [0.1, 0.15) is 5.56 Å². The Morgan fingerprint density at radius 2 is 1.76 bits per heavy atom. The summed E-state index contributed by atoms with van der Waals surface area (Å²) in [6.07, 6.45) is 0.878. The SMILES string of the molecule is NCCc1cccc2cc3ccccc3nc12. The number of aromatic nitrogens is 1. The van der Waals surface area contributed by atoms with Crippen LogP contribution in [0.15, 0.2) is 48.5 Å². The van der Waals surface area contributed by atoms with Gasteiger partial charge in [0.15, 0.2) is 0 Å². The summed E-state index contributed by atoms with van der Waals surface area (Å²) in [6, 6.07) is 16.7. The van der Waals surface area contributed by atoms with Crippen LogP contribution in [0.2, 0.25) is 0 Å². The maximum atomic E-state index is 5.64. The van der Waals surface area contributed by atoms with E-state index in [0.717, 1.165) is 17.5 Å². The van der Waals surface area contributed by atoms with Crippen LogP contribution >= 0.6 is 0 Å². The Bertz CT molecular complexity index is 674. The van der Waals surface area contributed by atoms with Crippen LogP contribution in [-0.4, -0.2) is 11.5 Å². The number of nitrogens with zero attached hydrogens (tertiary/aromatic N) is 1. The Labute approximate surface area is 100 Å². The first kappa shape index (κ1) is 10.2. The topological polar surface area (TPSA) is 38.9 Å². The number of nitrogens with two attached hydrogens (primary N) is 1. The summed E-state index contributed by atoms with van der Waals surface area (Å²) >= 11 is 0. The first-order valence-electron chi connectivity index (χ1n) is 5.86. The molecule has 2 N–H and O–H groups in total. The Morgan fingerprint density at radius 1 is 0.941 bits per heavy atom. The summed E-state index contributed by atoms with van der Waals surface area (Å²) in [7, 11) is 0. The van der Waals surface area contributed by atoms with E-state index in [0.29, 0.717) is 6.54 Å². The number of rotatable bonds is 2. The quantitative estimate of drug-likeness (QED) is 0.677. The third-order valence-electron chi connectivity index (χ3n) is 3.04. The van der Waals surface area contributed by atoms with Crippen molar-refractivity contribution in [1.82, 2.24) is 4.98 Å². The standard InChI is InChI=1S/C15H14N2/c16-9-8-11-5-3-6-13-10-12-4-1-2-7-14(12)17-15(11)13/h1-7,10H,8-9,16H2. The second kappa shape index (κ2) is 4.15. The molecule has 0 fully saturated rings. The largest absolute Gasteiger partial charge is 0.330 e. The zero-order chi connectivity index (χ0) is 11.7. The van der Waals surface area contributed by atoms with Gasteiger partial charge in [-0.15, -0.1) is 0 Å². The second-order valence-corrected chi connectivity index (χ2v) is 4.21. The number of benzene rings is 2. The van der Waals surface area contributed by atoms with Crippen molar-refractivity contribution in [3.8, 4) is 0 Å². The van der Waals surface area contributed by atoms with Crippen LogP contribution < -0.4 is 5.73 Å². The molecular formula is C15H14N2. The third-order valence-corrected chi connectivity index (χ3v) is 3.04. The molecule has 0 saturated heterocycles. The lowest BCUT2D eigenvalue weighted by molar-refractivity contribution is 0.974. The number of para-hydroxylation sites is 2. The number of hydrogen-bond donors (Lipinski definition) is 1. The van der Waals surface area contributed by atoms with E-state index in [2.05, 4.69) is 30.3 Å². The second-order valence-electron chi connectivity index (χ2n) is 4.21. The molecule has 0 atom stereocenters. The van der Waals surface area contributed by atoms with Gasteiger partial charge in [-0.25, -0.2) is 4.98 Å². The van der Waals surface area contributed by atoms with Gasteiger partial charge in [0.05, 0.1) is 11.0 Å². The molecule has 0 unspecified atom stereocenters. The summed E-state index contributed by atoms with van der Waals surface area (Å²) in [4.78, 5) is 4.74. The molecule has 2 aromatic carbocycles. The van der Waals surface area contributed by atoms with Gasteiger partial charge in [0, 0.05) is 10.8 Å². The Balaban J connectivity index is 2.35. The molecule has 0 bridgehead atoms. The highest BCUT2D eigenvalue weighted by Crippen LogP contribution is 2.22. The van der Waals surface area contributed by atoms with Gasteiger partial charge in [-0.05, 0) is 30.7 Å². The molecule has 3 rings (SSSR count). The van der Waals surface area contributed by atoms with Crippen molar-refractivity contribution in [3.05, 3.63) is 54.1 Å². The molecule has 0 aliphatic heterocycles. The maximum absolute atomic E-state index is 5.64. The number of hydrogen-bond acceptors (Lipinski definition) is 2. The average Bonchev–Trinajstić information content (AvgIpc) is 2.37. The number of fused-ring (bicyclic) bond motifs is 2. The van der Waals surface area contributed by atoms with Gasteiger partial charge in [0.1, 0.15) is 0 Å². The third kappa shape index (κ3) is 1.77. The molecule has 0 aliphatic carbocycles. The van der Waals surface area contributed by atoms with Gasteiger partial charge >= 0.3 is 0 Å². The van der Waals surface area contributed by atoms with Crippen LogP contribution in [0.4, 0.5) is 0 Å². The van der Waals surface area contributed by atoms with Gasteiger partial charge < -0.3 is 5.73 Å². The minimum atomic E-state index is 0.660. The predicted octanol–water partition coefficient (Wildman–Crippen LogP) is 2.89. The summed E-state index contributed by atoms with van der Waals surface area (Å²) in [5.41, 5.74) is 8.99. The van der Waals surface area contributed by atoms with Crippen LogP contribution in [0.25, 0.3) is 21.8 Å². The molecule has 0 saturated carbocycles. The molecule has 1 heterocycles. The monoisotopic (exact) mass is 222 g/mol. The molecule has 1 aromatic heterocycles. The molecule has 2 nitrogen and oxygen atoms in total. The van der Waals surface area contributed by atoms with Gasteiger partial charge in [0.25, 0.3) is 0 Å². The first-order valence-corrected chi connectivity index (χ1v) is 5.86.